The third-order valence-electron chi connectivity index (χ3n) is 2.83. The number of aromatic hydroxyl groups is 1. The highest BCUT2D eigenvalue weighted by Crippen LogP contribution is 2.26. The highest BCUT2D eigenvalue weighted by atomic mass is 16.5. The number of aliphatic hydroxyl groups is 2. The van der Waals surface area contributed by atoms with Crippen molar-refractivity contribution in [2.24, 2.45) is 0 Å². The van der Waals surface area contributed by atoms with Crippen LogP contribution >= 0.6 is 0 Å². The van der Waals surface area contributed by atoms with Crippen molar-refractivity contribution in [2.45, 2.75) is 25.6 Å². The lowest BCUT2D eigenvalue weighted by Crippen LogP contribution is -2.13. The molecule has 0 saturated heterocycles. The van der Waals surface area contributed by atoms with E-state index >= 15 is 0 Å². The minimum Gasteiger partial charge on any atom is -0.504 e. The molecule has 0 bridgehead atoms. The summed E-state index contributed by atoms with van der Waals surface area (Å²) in [6, 6.07) is 4.91. The zero-order valence-corrected chi connectivity index (χ0v) is 12.3. The maximum Gasteiger partial charge on any atom is 0.161 e. The molecule has 0 aliphatic carbocycles. The van der Waals surface area contributed by atoms with Gasteiger partial charge in [-0.2, -0.15) is 0 Å². The fourth-order valence-corrected chi connectivity index (χ4v) is 1.73. The molecular formula is C17H22O4. The molecule has 1 rings (SSSR count). The predicted molar refractivity (Wildman–Crippen MR) is 84.3 cm³/mol. The van der Waals surface area contributed by atoms with E-state index in [0.717, 1.165) is 5.56 Å². The Morgan fingerprint density at radius 2 is 1.86 bits per heavy atom. The van der Waals surface area contributed by atoms with Crippen molar-refractivity contribution in [3.63, 3.8) is 0 Å². The molecule has 0 radical (unpaired) electrons. The van der Waals surface area contributed by atoms with E-state index in [1.807, 2.05) is 19.1 Å². The van der Waals surface area contributed by atoms with Gasteiger partial charge in [0.05, 0.1) is 19.3 Å². The fourth-order valence-electron chi connectivity index (χ4n) is 1.73. The van der Waals surface area contributed by atoms with Crippen LogP contribution in [-0.2, 0) is 0 Å². The summed E-state index contributed by atoms with van der Waals surface area (Å²) in [5.74, 6) is 0.445. The van der Waals surface area contributed by atoms with Crippen molar-refractivity contribution in [1.29, 1.82) is 0 Å². The zero-order chi connectivity index (χ0) is 15.7. The van der Waals surface area contributed by atoms with Crippen molar-refractivity contribution in [3.05, 3.63) is 54.1 Å². The van der Waals surface area contributed by atoms with Crippen molar-refractivity contribution < 1.29 is 20.1 Å². The third kappa shape index (κ3) is 6.29. The van der Waals surface area contributed by atoms with Gasteiger partial charge in [-0.05, 0) is 24.6 Å². The van der Waals surface area contributed by atoms with Gasteiger partial charge in [-0.3, -0.25) is 0 Å². The van der Waals surface area contributed by atoms with E-state index in [4.69, 9.17) is 4.74 Å². The second-order valence-electron chi connectivity index (χ2n) is 4.57. The Morgan fingerprint density at radius 1 is 1.14 bits per heavy atom. The lowest BCUT2D eigenvalue weighted by atomic mass is 10.1. The molecule has 0 aliphatic rings. The monoisotopic (exact) mass is 290 g/mol. The van der Waals surface area contributed by atoms with Crippen molar-refractivity contribution in [3.8, 4) is 11.5 Å². The van der Waals surface area contributed by atoms with Crippen LogP contribution in [0.3, 0.4) is 0 Å². The Morgan fingerprint density at radius 3 is 2.52 bits per heavy atom. The van der Waals surface area contributed by atoms with Gasteiger partial charge in [0, 0.05) is 6.42 Å². The van der Waals surface area contributed by atoms with E-state index in [0.29, 0.717) is 5.75 Å². The van der Waals surface area contributed by atoms with Gasteiger partial charge in [-0.1, -0.05) is 42.5 Å². The van der Waals surface area contributed by atoms with Crippen molar-refractivity contribution in [2.75, 3.05) is 7.11 Å². The molecule has 4 heteroatoms. The average Bonchev–Trinajstić information content (AvgIpc) is 2.46. The molecule has 0 aliphatic heterocycles. The normalized spacial score (nSPS) is 15.0. The standard InChI is InChI=1S/C17H22O4/c1-3-4-5-6-14(18)12-15(19)9-7-13-8-10-16(20)17(11-13)21-2/h3-11,14-15,18-20H,12H2,1-2H3/b4-3+,6-5+,9-7+/t14-,15-/m0/s1. The summed E-state index contributed by atoms with van der Waals surface area (Å²) in [5.41, 5.74) is 0.794. The van der Waals surface area contributed by atoms with Gasteiger partial charge in [0.15, 0.2) is 11.5 Å². The second-order valence-corrected chi connectivity index (χ2v) is 4.57. The third-order valence-corrected chi connectivity index (χ3v) is 2.83. The van der Waals surface area contributed by atoms with Crippen molar-refractivity contribution in [1.82, 2.24) is 0 Å². The topological polar surface area (TPSA) is 69.9 Å². The van der Waals surface area contributed by atoms with Crippen LogP contribution in [-0.4, -0.2) is 34.6 Å². The maximum absolute atomic E-state index is 9.84. The van der Waals surface area contributed by atoms with E-state index in [1.54, 1.807) is 36.4 Å². The van der Waals surface area contributed by atoms with Crippen LogP contribution in [0.2, 0.25) is 0 Å². The molecule has 2 atom stereocenters. The lowest BCUT2D eigenvalue weighted by molar-refractivity contribution is 0.133. The van der Waals surface area contributed by atoms with Gasteiger partial charge in [-0.15, -0.1) is 0 Å². The maximum atomic E-state index is 9.84. The van der Waals surface area contributed by atoms with Gasteiger partial charge in [-0.25, -0.2) is 0 Å². The number of allylic oxidation sites excluding steroid dienone is 3. The summed E-state index contributed by atoms with van der Waals surface area (Å²) >= 11 is 0. The summed E-state index contributed by atoms with van der Waals surface area (Å²) < 4.78 is 5.01. The lowest BCUT2D eigenvalue weighted by Gasteiger charge is -2.09. The molecule has 0 saturated carbocycles. The largest absolute Gasteiger partial charge is 0.504 e. The Kier molecular flexibility index (Phi) is 7.29. The number of phenolic OH excluding ortho intramolecular Hbond substituents is 1. The number of hydrogen-bond donors (Lipinski definition) is 3. The zero-order valence-electron chi connectivity index (χ0n) is 12.3. The second kappa shape index (κ2) is 9.00. The molecule has 21 heavy (non-hydrogen) atoms. The predicted octanol–water partition coefficient (Wildman–Crippen LogP) is 2.66. The van der Waals surface area contributed by atoms with Crippen LogP contribution in [0.25, 0.3) is 6.08 Å². The first-order valence-electron chi connectivity index (χ1n) is 6.77. The first-order chi connectivity index (χ1) is 10.1. The number of rotatable bonds is 7. The van der Waals surface area contributed by atoms with Crippen LogP contribution in [0.15, 0.2) is 48.6 Å². The molecule has 1 aromatic rings. The van der Waals surface area contributed by atoms with Crippen LogP contribution in [0.4, 0.5) is 0 Å². The van der Waals surface area contributed by atoms with E-state index in [-0.39, 0.29) is 12.2 Å². The van der Waals surface area contributed by atoms with E-state index in [2.05, 4.69) is 0 Å². The first-order valence-corrected chi connectivity index (χ1v) is 6.77. The smallest absolute Gasteiger partial charge is 0.161 e. The SMILES string of the molecule is C/C=C/C=C/[C@H](O)C[C@@H](O)/C=C/c1ccc(O)c(OC)c1. The minimum atomic E-state index is -0.755. The molecule has 0 spiro atoms. The number of ether oxygens (including phenoxy) is 1. The van der Waals surface area contributed by atoms with Crippen LogP contribution in [0.1, 0.15) is 18.9 Å². The molecule has 0 unspecified atom stereocenters. The quantitative estimate of drug-likeness (QED) is 0.675. The molecule has 0 aromatic heterocycles. The summed E-state index contributed by atoms with van der Waals surface area (Å²) in [4.78, 5) is 0. The van der Waals surface area contributed by atoms with Crippen LogP contribution in [0, 0.1) is 0 Å². The van der Waals surface area contributed by atoms with E-state index in [1.165, 1.54) is 13.2 Å². The van der Waals surface area contributed by atoms with Crippen LogP contribution in [0.5, 0.6) is 11.5 Å². The first kappa shape index (κ1) is 17.0. The minimum absolute atomic E-state index is 0.0692. The average molecular weight is 290 g/mol. The van der Waals surface area contributed by atoms with Crippen LogP contribution < -0.4 is 4.74 Å². The summed E-state index contributed by atoms with van der Waals surface area (Å²) in [7, 11) is 1.48. The van der Waals surface area contributed by atoms with Gasteiger partial charge < -0.3 is 20.1 Å². The van der Waals surface area contributed by atoms with Gasteiger partial charge in [0.1, 0.15) is 0 Å². The highest BCUT2D eigenvalue weighted by molar-refractivity contribution is 5.55. The number of benzene rings is 1. The number of phenols is 1. The Bertz CT molecular complexity index is 518. The molecule has 0 fully saturated rings. The molecule has 1 aromatic carbocycles. The van der Waals surface area contributed by atoms with Crippen molar-refractivity contribution >= 4 is 6.08 Å². The molecule has 4 nitrogen and oxygen atoms in total. The Balaban J connectivity index is 2.59. The number of methoxy groups -OCH3 is 1. The van der Waals surface area contributed by atoms with E-state index in [9.17, 15) is 15.3 Å². The van der Waals surface area contributed by atoms with E-state index < -0.39 is 12.2 Å². The molecule has 0 amide bonds. The highest BCUT2D eigenvalue weighted by Gasteiger charge is 2.06. The van der Waals surface area contributed by atoms with Gasteiger partial charge >= 0.3 is 0 Å². The molecule has 3 N–H and O–H groups in total. The summed E-state index contributed by atoms with van der Waals surface area (Å²) in [6.07, 6.45) is 9.12. The molecule has 0 heterocycles. The Hall–Kier alpha value is -2.04. The van der Waals surface area contributed by atoms with Gasteiger partial charge in [0.25, 0.3) is 0 Å². The van der Waals surface area contributed by atoms with Gasteiger partial charge in [0.2, 0.25) is 0 Å². The number of hydrogen-bond acceptors (Lipinski definition) is 4. The number of aliphatic hydroxyl groups excluding tert-OH is 2. The summed E-state index contributed by atoms with van der Waals surface area (Å²) in [6.45, 7) is 1.89. The fraction of sp³-hybridized carbons (Fsp3) is 0.294. The Labute approximate surface area is 125 Å². The molecular weight excluding hydrogens is 268 g/mol. The molecule has 114 valence electrons. The summed E-state index contributed by atoms with van der Waals surface area (Å²) in [5, 5.41) is 29.0.